The summed E-state index contributed by atoms with van der Waals surface area (Å²) in [5.41, 5.74) is 0. The van der Waals surface area contributed by atoms with Crippen molar-refractivity contribution in [1.82, 2.24) is 9.80 Å². The number of likely N-dealkylation sites (tertiary alicyclic amines) is 1. The third-order valence-corrected chi connectivity index (χ3v) is 4.68. The summed E-state index contributed by atoms with van der Waals surface area (Å²) in [6.07, 6.45) is -3.78. The first-order valence-corrected chi connectivity index (χ1v) is 8.37. The monoisotopic (exact) mass is 396 g/mol. The first-order valence-electron chi connectivity index (χ1n) is 7.49. The van der Waals surface area contributed by atoms with Gasteiger partial charge < -0.3 is 20.0 Å². The van der Waals surface area contributed by atoms with E-state index in [1.807, 2.05) is 24.4 Å². The van der Waals surface area contributed by atoms with Gasteiger partial charge in [-0.1, -0.05) is 6.07 Å². The van der Waals surface area contributed by atoms with Crippen molar-refractivity contribution in [2.24, 2.45) is 0 Å². The van der Waals surface area contributed by atoms with Gasteiger partial charge in [-0.25, -0.2) is 9.59 Å². The van der Waals surface area contributed by atoms with Crippen LogP contribution in [0.2, 0.25) is 0 Å². The summed E-state index contributed by atoms with van der Waals surface area (Å²) < 4.78 is 31.7. The fourth-order valence-electron chi connectivity index (χ4n) is 2.43. The Kier molecular flexibility index (Phi) is 7.57. The quantitative estimate of drug-likeness (QED) is 0.811. The Balaban J connectivity index is 0.000000412. The molecule has 0 aliphatic carbocycles. The minimum absolute atomic E-state index is 0.167. The van der Waals surface area contributed by atoms with Gasteiger partial charge in [0.25, 0.3) is 5.91 Å². The number of carboxylic acid groups (broad SMARTS) is 2. The van der Waals surface area contributed by atoms with Crippen molar-refractivity contribution in [3.05, 3.63) is 22.4 Å². The van der Waals surface area contributed by atoms with Gasteiger partial charge in [-0.05, 0) is 38.4 Å². The maximum atomic E-state index is 12.3. The van der Waals surface area contributed by atoms with Gasteiger partial charge in [0.1, 0.15) is 6.04 Å². The average Bonchev–Trinajstić information content (AvgIpc) is 3.07. The molecular weight excluding hydrogens is 377 g/mol. The molecule has 2 N–H and O–H groups in total. The van der Waals surface area contributed by atoms with Crippen molar-refractivity contribution in [1.29, 1.82) is 0 Å². The first kappa shape index (κ1) is 21.9. The average molecular weight is 396 g/mol. The first-order chi connectivity index (χ1) is 11.9. The van der Waals surface area contributed by atoms with Crippen LogP contribution in [0.25, 0.3) is 0 Å². The van der Waals surface area contributed by atoms with Crippen LogP contribution in [0.4, 0.5) is 13.2 Å². The Labute approximate surface area is 151 Å². The summed E-state index contributed by atoms with van der Waals surface area (Å²) in [6.45, 7) is 0.497. The van der Waals surface area contributed by atoms with Gasteiger partial charge >= 0.3 is 18.1 Å². The zero-order valence-electron chi connectivity index (χ0n) is 14.1. The Hall–Kier alpha value is -2.14. The third kappa shape index (κ3) is 5.99. The molecule has 1 aliphatic heterocycles. The van der Waals surface area contributed by atoms with E-state index in [0.717, 1.165) is 6.42 Å². The van der Waals surface area contributed by atoms with Crippen LogP contribution in [0.1, 0.15) is 22.5 Å². The zero-order chi connectivity index (χ0) is 20.1. The summed E-state index contributed by atoms with van der Waals surface area (Å²) in [7, 11) is 3.89. The highest BCUT2D eigenvalue weighted by Gasteiger charge is 2.38. The highest BCUT2D eigenvalue weighted by Crippen LogP contribution is 2.24. The van der Waals surface area contributed by atoms with E-state index in [4.69, 9.17) is 9.90 Å². The Morgan fingerprint density at radius 3 is 2.23 bits per heavy atom. The molecule has 146 valence electrons. The lowest BCUT2D eigenvalue weighted by atomic mass is 9.96. The van der Waals surface area contributed by atoms with Gasteiger partial charge in [0.05, 0.1) is 4.88 Å². The highest BCUT2D eigenvalue weighted by atomic mass is 32.1. The summed E-state index contributed by atoms with van der Waals surface area (Å²) in [4.78, 5) is 36.7. The number of thiophene rings is 1. The molecular formula is C15H19F3N2O5S. The largest absolute Gasteiger partial charge is 0.490 e. The smallest absolute Gasteiger partial charge is 0.480 e. The van der Waals surface area contributed by atoms with Crippen molar-refractivity contribution in [3.63, 3.8) is 0 Å². The lowest BCUT2D eigenvalue weighted by Crippen LogP contribution is -2.53. The van der Waals surface area contributed by atoms with Crippen molar-refractivity contribution >= 4 is 29.2 Å². The number of nitrogens with zero attached hydrogens (tertiary/aromatic N) is 2. The topological polar surface area (TPSA) is 98.2 Å². The van der Waals surface area contributed by atoms with Crippen LogP contribution >= 0.6 is 11.3 Å². The predicted molar refractivity (Wildman–Crippen MR) is 87.2 cm³/mol. The van der Waals surface area contributed by atoms with Crippen LogP contribution in [0, 0.1) is 0 Å². The molecule has 1 aromatic heterocycles. The van der Waals surface area contributed by atoms with Crippen LogP contribution in [-0.4, -0.2) is 76.8 Å². The minimum atomic E-state index is -5.08. The van der Waals surface area contributed by atoms with Crippen LogP contribution < -0.4 is 0 Å². The fourth-order valence-corrected chi connectivity index (χ4v) is 3.11. The molecule has 1 amide bonds. The molecule has 2 unspecified atom stereocenters. The van der Waals surface area contributed by atoms with Gasteiger partial charge in [-0.2, -0.15) is 13.2 Å². The number of alkyl halides is 3. The number of hydrogen-bond acceptors (Lipinski definition) is 5. The normalized spacial score (nSPS) is 20.3. The maximum Gasteiger partial charge on any atom is 0.490 e. The van der Waals surface area contributed by atoms with E-state index in [0.29, 0.717) is 17.8 Å². The number of carboxylic acids is 2. The van der Waals surface area contributed by atoms with Gasteiger partial charge in [0.2, 0.25) is 0 Å². The van der Waals surface area contributed by atoms with Gasteiger partial charge in [-0.15, -0.1) is 11.3 Å². The number of aliphatic carboxylic acids is 2. The summed E-state index contributed by atoms with van der Waals surface area (Å²) in [6, 6.07) is 3.04. The second-order valence-electron chi connectivity index (χ2n) is 5.77. The van der Waals surface area contributed by atoms with Crippen LogP contribution in [0.3, 0.4) is 0 Å². The molecule has 2 rings (SSSR count). The molecule has 0 saturated carbocycles. The molecule has 1 aromatic rings. The van der Waals surface area contributed by atoms with Crippen molar-refractivity contribution in [3.8, 4) is 0 Å². The molecule has 1 saturated heterocycles. The molecule has 2 atom stereocenters. The molecule has 0 spiro atoms. The number of hydrogen-bond donors (Lipinski definition) is 2. The van der Waals surface area contributed by atoms with E-state index < -0.39 is 24.2 Å². The molecule has 0 radical (unpaired) electrons. The lowest BCUT2D eigenvalue weighted by Gasteiger charge is -2.39. The number of amides is 1. The van der Waals surface area contributed by atoms with Crippen LogP contribution in [0.5, 0.6) is 0 Å². The number of carbonyl (C=O) groups excluding carboxylic acids is 1. The second kappa shape index (κ2) is 8.99. The van der Waals surface area contributed by atoms with E-state index in [1.54, 1.807) is 12.1 Å². The Morgan fingerprint density at radius 1 is 1.27 bits per heavy atom. The van der Waals surface area contributed by atoms with E-state index in [2.05, 4.69) is 0 Å². The predicted octanol–water partition coefficient (Wildman–Crippen LogP) is 2.00. The Morgan fingerprint density at radius 2 is 1.85 bits per heavy atom. The number of halogens is 3. The standard InChI is InChI=1S/C13H18N2O3S.C2HF3O2/c1-14(2)9-5-6-15(10(8-9)13(17)18)12(16)11-4-3-7-19-11;3-2(4,5)1(6)7/h3-4,7,9-10H,5-6,8H2,1-2H3,(H,17,18);(H,6,7). The van der Waals surface area contributed by atoms with Crippen molar-refractivity contribution < 1.29 is 37.8 Å². The number of piperidine rings is 1. The molecule has 7 nitrogen and oxygen atoms in total. The number of carbonyl (C=O) groups is 3. The lowest BCUT2D eigenvalue weighted by molar-refractivity contribution is -0.192. The van der Waals surface area contributed by atoms with E-state index in [9.17, 15) is 27.9 Å². The van der Waals surface area contributed by atoms with Gasteiger partial charge in [0, 0.05) is 12.6 Å². The van der Waals surface area contributed by atoms with Gasteiger partial charge in [-0.3, -0.25) is 4.79 Å². The summed E-state index contributed by atoms with van der Waals surface area (Å²) in [5, 5.41) is 18.3. The summed E-state index contributed by atoms with van der Waals surface area (Å²) >= 11 is 1.35. The highest BCUT2D eigenvalue weighted by molar-refractivity contribution is 7.12. The third-order valence-electron chi connectivity index (χ3n) is 3.83. The molecule has 1 aliphatic rings. The van der Waals surface area contributed by atoms with Crippen molar-refractivity contribution in [2.75, 3.05) is 20.6 Å². The van der Waals surface area contributed by atoms with E-state index in [1.165, 1.54) is 16.2 Å². The van der Waals surface area contributed by atoms with Gasteiger partial charge in [0.15, 0.2) is 0 Å². The molecule has 26 heavy (non-hydrogen) atoms. The molecule has 1 fully saturated rings. The maximum absolute atomic E-state index is 12.3. The summed E-state index contributed by atoms with van der Waals surface area (Å²) in [5.74, 6) is -3.84. The molecule has 2 heterocycles. The van der Waals surface area contributed by atoms with Crippen LogP contribution in [0.15, 0.2) is 17.5 Å². The number of rotatable bonds is 3. The molecule has 11 heteroatoms. The molecule has 0 bridgehead atoms. The minimum Gasteiger partial charge on any atom is -0.480 e. The fraction of sp³-hybridized carbons (Fsp3) is 0.533. The van der Waals surface area contributed by atoms with Crippen LogP contribution in [-0.2, 0) is 9.59 Å². The SMILES string of the molecule is CN(C)C1CCN(C(=O)c2cccs2)C(C(=O)O)C1.O=C(O)C(F)(F)F. The second-order valence-corrected chi connectivity index (χ2v) is 6.72. The zero-order valence-corrected chi connectivity index (χ0v) is 14.9. The van der Waals surface area contributed by atoms with Crippen molar-refractivity contribution in [2.45, 2.75) is 31.1 Å². The van der Waals surface area contributed by atoms with E-state index >= 15 is 0 Å². The Bertz CT molecular complexity index is 634. The van der Waals surface area contributed by atoms with E-state index in [-0.39, 0.29) is 11.9 Å². The molecule has 0 aromatic carbocycles.